The molecule has 150 valence electrons. The van der Waals surface area contributed by atoms with E-state index in [1.807, 2.05) is 58.0 Å². The maximum Gasteiger partial charge on any atom is 0.330 e. The number of esters is 1. The van der Waals surface area contributed by atoms with E-state index in [0.29, 0.717) is 0 Å². The van der Waals surface area contributed by atoms with Gasteiger partial charge in [0.25, 0.3) is 0 Å². The van der Waals surface area contributed by atoms with Gasteiger partial charge in [-0.15, -0.1) is 11.8 Å². The lowest BCUT2D eigenvalue weighted by atomic mass is 9.94. The molecule has 3 saturated heterocycles. The second-order valence-electron chi connectivity index (χ2n) is 8.48. The third kappa shape index (κ3) is 2.58. The van der Waals surface area contributed by atoms with Crippen molar-refractivity contribution < 1.29 is 19.1 Å². The van der Waals surface area contributed by atoms with Crippen LogP contribution in [0.5, 0.6) is 0 Å². The number of ether oxygens (including phenoxy) is 1. The van der Waals surface area contributed by atoms with Crippen molar-refractivity contribution in [2.75, 3.05) is 7.11 Å². The fraction of sp³-hybridized carbons (Fsp3) is 0.550. The van der Waals surface area contributed by atoms with Gasteiger partial charge < -0.3 is 14.5 Å². The smallest absolute Gasteiger partial charge is 0.330 e. The van der Waals surface area contributed by atoms with Crippen LogP contribution in [0.1, 0.15) is 39.3 Å². The standard InChI is InChI=1S/C20H25N3O4S/c1-19(2)14(18(26)27-5)22-16(25)13(17(22)28-19)23-15(24)12(21-20(23,3)4)11-9-7-6-8-10-11/h6-10,12-14,17,21H,1-5H3/t12?,13-,14+,17-/m1/s1. The Morgan fingerprint density at radius 3 is 2.36 bits per heavy atom. The lowest BCUT2D eigenvalue weighted by molar-refractivity contribution is -0.171. The van der Waals surface area contributed by atoms with Gasteiger partial charge in [-0.25, -0.2) is 4.79 Å². The molecule has 8 heteroatoms. The SMILES string of the molecule is COC(=O)[C@@H]1N2C(=O)[C@@H](N3C(=O)C(c4ccccc4)NC3(C)C)[C@H]2SC1(C)C. The Labute approximate surface area is 168 Å². The zero-order chi connectivity index (χ0) is 20.4. The number of rotatable bonds is 3. The van der Waals surface area contributed by atoms with Crippen molar-refractivity contribution in [3.63, 3.8) is 0 Å². The fourth-order valence-electron chi connectivity index (χ4n) is 4.58. The lowest BCUT2D eigenvalue weighted by Crippen LogP contribution is -2.73. The number of methoxy groups -OCH3 is 1. The molecule has 3 aliphatic rings. The second kappa shape index (κ2) is 6.22. The Morgan fingerprint density at radius 1 is 1.11 bits per heavy atom. The molecule has 0 spiro atoms. The molecule has 1 N–H and O–H groups in total. The number of nitrogens with one attached hydrogen (secondary N) is 1. The molecule has 0 aliphatic carbocycles. The highest BCUT2D eigenvalue weighted by Gasteiger charge is 2.68. The van der Waals surface area contributed by atoms with Crippen LogP contribution in [0.3, 0.4) is 0 Å². The van der Waals surface area contributed by atoms with E-state index in [9.17, 15) is 14.4 Å². The molecule has 0 aromatic heterocycles. The average molecular weight is 404 g/mol. The Morgan fingerprint density at radius 2 is 1.75 bits per heavy atom. The first-order chi connectivity index (χ1) is 13.1. The number of carbonyl (C=O) groups is 3. The van der Waals surface area contributed by atoms with Crippen LogP contribution in [0.4, 0.5) is 0 Å². The lowest BCUT2D eigenvalue weighted by Gasteiger charge is -2.50. The van der Waals surface area contributed by atoms with Gasteiger partial charge >= 0.3 is 5.97 Å². The Balaban J connectivity index is 1.64. The third-order valence-corrected chi connectivity index (χ3v) is 7.39. The number of nitrogens with zero attached hydrogens (tertiary/aromatic N) is 2. The first-order valence-corrected chi connectivity index (χ1v) is 10.2. The summed E-state index contributed by atoms with van der Waals surface area (Å²) in [6.45, 7) is 7.69. The summed E-state index contributed by atoms with van der Waals surface area (Å²) in [5.74, 6) is -0.733. The third-order valence-electron chi connectivity index (χ3n) is 5.83. The molecule has 3 heterocycles. The van der Waals surface area contributed by atoms with Crippen LogP contribution in [0.25, 0.3) is 0 Å². The van der Waals surface area contributed by atoms with Crippen molar-refractivity contribution in [3.05, 3.63) is 35.9 Å². The highest BCUT2D eigenvalue weighted by molar-refractivity contribution is 8.01. The van der Waals surface area contributed by atoms with Crippen molar-refractivity contribution in [1.29, 1.82) is 0 Å². The van der Waals surface area contributed by atoms with Crippen molar-refractivity contribution in [2.24, 2.45) is 0 Å². The molecule has 7 nitrogen and oxygen atoms in total. The number of thioether (sulfide) groups is 1. The van der Waals surface area contributed by atoms with Crippen LogP contribution >= 0.6 is 11.8 Å². The number of amides is 2. The highest BCUT2D eigenvalue weighted by Crippen LogP contribution is 2.53. The van der Waals surface area contributed by atoms with E-state index in [-0.39, 0.29) is 17.2 Å². The molecule has 1 unspecified atom stereocenters. The predicted octanol–water partition coefficient (Wildman–Crippen LogP) is 1.50. The van der Waals surface area contributed by atoms with E-state index in [1.165, 1.54) is 7.11 Å². The predicted molar refractivity (Wildman–Crippen MR) is 105 cm³/mol. The molecule has 4 rings (SSSR count). The minimum atomic E-state index is -0.682. The van der Waals surface area contributed by atoms with E-state index >= 15 is 0 Å². The van der Waals surface area contributed by atoms with E-state index in [0.717, 1.165) is 5.56 Å². The summed E-state index contributed by atoms with van der Waals surface area (Å²) in [5.41, 5.74) is 0.191. The maximum absolute atomic E-state index is 13.3. The minimum Gasteiger partial charge on any atom is -0.467 e. The second-order valence-corrected chi connectivity index (χ2v) is 10.3. The summed E-state index contributed by atoms with van der Waals surface area (Å²) < 4.78 is 4.44. The molecule has 0 radical (unpaired) electrons. The van der Waals surface area contributed by atoms with Gasteiger partial charge in [-0.05, 0) is 33.3 Å². The van der Waals surface area contributed by atoms with Gasteiger partial charge in [-0.1, -0.05) is 30.3 Å². The van der Waals surface area contributed by atoms with Gasteiger partial charge in [0.15, 0.2) is 0 Å². The van der Waals surface area contributed by atoms with E-state index in [1.54, 1.807) is 21.6 Å². The Bertz CT molecular complexity index is 841. The maximum atomic E-state index is 13.3. The molecular formula is C20H25N3O4S. The van der Waals surface area contributed by atoms with Crippen molar-refractivity contribution in [3.8, 4) is 0 Å². The summed E-state index contributed by atoms with van der Waals surface area (Å²) in [5, 5.41) is 3.11. The summed E-state index contributed by atoms with van der Waals surface area (Å²) in [7, 11) is 1.33. The van der Waals surface area contributed by atoms with Crippen molar-refractivity contribution in [1.82, 2.24) is 15.1 Å². The van der Waals surface area contributed by atoms with Crippen LogP contribution < -0.4 is 5.32 Å². The van der Waals surface area contributed by atoms with Gasteiger partial charge in [0.05, 0.1) is 12.8 Å². The molecule has 0 bridgehead atoms. The molecule has 0 saturated carbocycles. The number of hydrogen-bond donors (Lipinski definition) is 1. The first-order valence-electron chi connectivity index (χ1n) is 9.34. The largest absolute Gasteiger partial charge is 0.467 e. The van der Waals surface area contributed by atoms with E-state index in [2.05, 4.69) is 5.32 Å². The van der Waals surface area contributed by atoms with Gasteiger partial charge in [-0.3, -0.25) is 14.9 Å². The Hall–Kier alpha value is -2.06. The number of β-lactam (4-membered cyclic amide) rings is 1. The number of benzene rings is 1. The topological polar surface area (TPSA) is 79.0 Å². The van der Waals surface area contributed by atoms with Crippen molar-refractivity contribution >= 4 is 29.5 Å². The van der Waals surface area contributed by atoms with Crippen LogP contribution in [0.2, 0.25) is 0 Å². The quantitative estimate of drug-likeness (QED) is 0.609. The van der Waals surface area contributed by atoms with Gasteiger partial charge in [0.1, 0.15) is 23.5 Å². The number of fused-ring (bicyclic) bond motifs is 1. The van der Waals surface area contributed by atoms with Crippen LogP contribution in [0.15, 0.2) is 30.3 Å². The van der Waals surface area contributed by atoms with Crippen LogP contribution in [-0.2, 0) is 19.1 Å². The van der Waals surface area contributed by atoms with E-state index < -0.39 is 34.5 Å². The molecule has 28 heavy (non-hydrogen) atoms. The highest BCUT2D eigenvalue weighted by atomic mass is 32.2. The van der Waals surface area contributed by atoms with Crippen molar-refractivity contribution in [2.45, 2.75) is 61.6 Å². The summed E-state index contributed by atoms with van der Waals surface area (Å²) in [6, 6.07) is 7.78. The van der Waals surface area contributed by atoms with E-state index in [4.69, 9.17) is 4.74 Å². The zero-order valence-electron chi connectivity index (χ0n) is 16.6. The number of carbonyl (C=O) groups excluding carboxylic acids is 3. The summed E-state index contributed by atoms with van der Waals surface area (Å²) in [4.78, 5) is 42.0. The molecule has 1 aromatic carbocycles. The normalized spacial score (nSPS) is 32.9. The van der Waals surface area contributed by atoms with Gasteiger partial charge in [-0.2, -0.15) is 0 Å². The zero-order valence-corrected chi connectivity index (χ0v) is 17.4. The van der Waals surface area contributed by atoms with Gasteiger partial charge in [0, 0.05) is 4.75 Å². The monoisotopic (exact) mass is 403 g/mol. The summed E-state index contributed by atoms with van der Waals surface area (Å²) >= 11 is 1.55. The molecule has 3 aliphatic heterocycles. The minimum absolute atomic E-state index is 0.117. The van der Waals surface area contributed by atoms with Crippen LogP contribution in [0, 0.1) is 0 Å². The molecule has 4 atom stereocenters. The van der Waals surface area contributed by atoms with Crippen LogP contribution in [-0.4, -0.2) is 62.6 Å². The molecule has 2 amide bonds. The fourth-order valence-corrected chi connectivity index (χ4v) is 6.25. The first kappa shape index (κ1) is 19.3. The average Bonchev–Trinajstić information content (AvgIpc) is 3.04. The molecular weight excluding hydrogens is 378 g/mol. The Kier molecular flexibility index (Phi) is 4.28. The number of hydrogen-bond acceptors (Lipinski definition) is 6. The molecule has 1 aromatic rings. The van der Waals surface area contributed by atoms with Gasteiger partial charge in [0.2, 0.25) is 11.8 Å². The molecule has 3 fully saturated rings. The summed E-state index contributed by atoms with van der Waals surface area (Å²) in [6.07, 6.45) is 0.